The van der Waals surface area contributed by atoms with Crippen molar-refractivity contribution in [3.8, 4) is 23.0 Å². The number of aromatic nitrogens is 4. The van der Waals surface area contributed by atoms with E-state index in [9.17, 15) is 0 Å². The summed E-state index contributed by atoms with van der Waals surface area (Å²) in [5.74, 6) is 2.20. The molecule has 1 N–H and O–H groups in total. The van der Waals surface area contributed by atoms with Crippen LogP contribution in [0.5, 0.6) is 11.5 Å². The van der Waals surface area contributed by atoms with E-state index in [-0.39, 0.29) is 0 Å². The summed E-state index contributed by atoms with van der Waals surface area (Å²) in [6.07, 6.45) is 0. The zero-order valence-electron chi connectivity index (χ0n) is 9.21. The third-order valence-corrected chi connectivity index (χ3v) is 3.25. The van der Waals surface area contributed by atoms with Gasteiger partial charge in [-0.25, -0.2) is 4.98 Å². The van der Waals surface area contributed by atoms with Gasteiger partial charge >= 0.3 is 0 Å². The third kappa shape index (κ3) is 1.44. The molecule has 1 aliphatic heterocycles. The summed E-state index contributed by atoms with van der Waals surface area (Å²) in [5.41, 5.74) is 2.49. The van der Waals surface area contributed by atoms with Crippen LogP contribution in [0.2, 0.25) is 0 Å². The molecule has 0 unspecified atom stereocenters. The van der Waals surface area contributed by atoms with Crippen molar-refractivity contribution in [2.75, 3.05) is 13.2 Å². The molecule has 0 radical (unpaired) electrons. The Morgan fingerprint density at radius 1 is 1.17 bits per heavy atom. The average Bonchev–Trinajstić information content (AvgIpc) is 3.04. The van der Waals surface area contributed by atoms with Gasteiger partial charge in [-0.1, -0.05) is 4.49 Å². The van der Waals surface area contributed by atoms with E-state index < -0.39 is 0 Å². The highest BCUT2D eigenvalue weighted by molar-refractivity contribution is 7.03. The smallest absolute Gasteiger partial charge is 0.163 e. The van der Waals surface area contributed by atoms with Crippen LogP contribution in [0.1, 0.15) is 0 Å². The topological polar surface area (TPSA) is 72.9 Å². The predicted octanol–water partition coefficient (Wildman–Crippen LogP) is 1.85. The lowest BCUT2D eigenvalue weighted by Gasteiger charge is -2.17. The second-order valence-electron chi connectivity index (χ2n) is 3.89. The minimum atomic E-state index is 0.575. The van der Waals surface area contributed by atoms with Crippen molar-refractivity contribution in [2.24, 2.45) is 0 Å². The molecule has 3 aromatic rings. The number of fused-ring (bicyclic) bond motifs is 2. The van der Waals surface area contributed by atoms with E-state index in [0.29, 0.717) is 19.0 Å². The average molecular weight is 260 g/mol. The van der Waals surface area contributed by atoms with Crippen molar-refractivity contribution in [1.82, 2.24) is 19.6 Å². The summed E-state index contributed by atoms with van der Waals surface area (Å²) < 4.78 is 14.9. The standard InChI is InChI=1S/C11H8N4O2S/c1-2-17-10-4-7-6(3-9(10)16-1)12-11(13-7)8-5-18-15-14-8/h3-5H,1-2H2,(H,12,13). The van der Waals surface area contributed by atoms with Gasteiger partial charge in [0, 0.05) is 17.5 Å². The summed E-state index contributed by atoms with van der Waals surface area (Å²) >= 11 is 1.30. The molecule has 7 heteroatoms. The van der Waals surface area contributed by atoms with E-state index in [4.69, 9.17) is 9.47 Å². The molecule has 90 valence electrons. The fourth-order valence-electron chi connectivity index (χ4n) is 1.94. The lowest BCUT2D eigenvalue weighted by atomic mass is 10.2. The molecule has 0 saturated heterocycles. The van der Waals surface area contributed by atoms with Crippen molar-refractivity contribution < 1.29 is 9.47 Å². The summed E-state index contributed by atoms with van der Waals surface area (Å²) in [5, 5.41) is 5.84. The molecule has 0 aliphatic carbocycles. The second-order valence-corrected chi connectivity index (χ2v) is 4.50. The number of hydrogen-bond acceptors (Lipinski definition) is 6. The van der Waals surface area contributed by atoms with Gasteiger partial charge in [0.15, 0.2) is 17.3 Å². The Bertz CT molecular complexity index is 664. The number of imidazole rings is 1. The van der Waals surface area contributed by atoms with Crippen LogP contribution >= 0.6 is 11.5 Å². The predicted molar refractivity (Wildman–Crippen MR) is 66.0 cm³/mol. The highest BCUT2D eigenvalue weighted by atomic mass is 32.1. The van der Waals surface area contributed by atoms with Crippen LogP contribution in [-0.4, -0.2) is 32.8 Å². The Morgan fingerprint density at radius 3 is 2.78 bits per heavy atom. The highest BCUT2D eigenvalue weighted by Gasteiger charge is 2.15. The molecule has 0 bridgehead atoms. The zero-order chi connectivity index (χ0) is 11.9. The monoisotopic (exact) mass is 260 g/mol. The molecule has 0 fully saturated rings. The maximum Gasteiger partial charge on any atom is 0.163 e. The molecule has 4 rings (SSSR count). The summed E-state index contributed by atoms with van der Waals surface area (Å²) in [6.45, 7) is 1.15. The minimum absolute atomic E-state index is 0.575. The van der Waals surface area contributed by atoms with E-state index in [1.165, 1.54) is 11.5 Å². The van der Waals surface area contributed by atoms with Gasteiger partial charge in [-0.2, -0.15) is 0 Å². The number of aromatic amines is 1. The third-order valence-electron chi connectivity index (χ3n) is 2.75. The van der Waals surface area contributed by atoms with Crippen molar-refractivity contribution in [3.63, 3.8) is 0 Å². The van der Waals surface area contributed by atoms with E-state index in [1.807, 2.05) is 17.5 Å². The molecule has 2 aromatic heterocycles. The van der Waals surface area contributed by atoms with Crippen LogP contribution in [0.25, 0.3) is 22.6 Å². The summed E-state index contributed by atoms with van der Waals surface area (Å²) in [6, 6.07) is 3.78. The fourth-order valence-corrected chi connectivity index (χ4v) is 2.38. The molecule has 1 aromatic carbocycles. The van der Waals surface area contributed by atoms with Crippen molar-refractivity contribution in [1.29, 1.82) is 0 Å². The first kappa shape index (κ1) is 9.84. The molecular weight excluding hydrogens is 252 g/mol. The fraction of sp³-hybridized carbons (Fsp3) is 0.182. The van der Waals surface area contributed by atoms with Crippen LogP contribution in [-0.2, 0) is 0 Å². The second kappa shape index (κ2) is 3.67. The van der Waals surface area contributed by atoms with Crippen molar-refractivity contribution in [2.45, 2.75) is 0 Å². The van der Waals surface area contributed by atoms with E-state index >= 15 is 0 Å². The molecule has 0 saturated carbocycles. The van der Waals surface area contributed by atoms with Gasteiger partial charge in [0.1, 0.15) is 18.9 Å². The Kier molecular flexibility index (Phi) is 2.01. The van der Waals surface area contributed by atoms with Crippen LogP contribution < -0.4 is 9.47 Å². The van der Waals surface area contributed by atoms with Crippen LogP contribution in [0, 0.1) is 0 Å². The maximum atomic E-state index is 5.53. The van der Waals surface area contributed by atoms with Crippen molar-refractivity contribution >= 4 is 22.6 Å². The van der Waals surface area contributed by atoms with Gasteiger partial charge in [-0.3, -0.25) is 0 Å². The Hall–Kier alpha value is -2.15. The van der Waals surface area contributed by atoms with Crippen LogP contribution in [0.4, 0.5) is 0 Å². The molecule has 1 aliphatic rings. The van der Waals surface area contributed by atoms with Gasteiger partial charge < -0.3 is 14.5 Å². The quantitative estimate of drug-likeness (QED) is 0.723. The Labute approximate surface area is 106 Å². The molecule has 3 heterocycles. The first-order valence-electron chi connectivity index (χ1n) is 5.47. The van der Waals surface area contributed by atoms with E-state index in [2.05, 4.69) is 19.6 Å². The molecule has 6 nitrogen and oxygen atoms in total. The number of hydrogen-bond donors (Lipinski definition) is 1. The molecule has 0 amide bonds. The first-order valence-corrected chi connectivity index (χ1v) is 6.30. The van der Waals surface area contributed by atoms with E-state index in [1.54, 1.807) is 0 Å². The molecular formula is C11H8N4O2S. The van der Waals surface area contributed by atoms with E-state index in [0.717, 1.165) is 28.2 Å². The zero-order valence-corrected chi connectivity index (χ0v) is 10.0. The lowest BCUT2D eigenvalue weighted by Crippen LogP contribution is -2.15. The first-order chi connectivity index (χ1) is 8.90. The van der Waals surface area contributed by atoms with Crippen LogP contribution in [0.3, 0.4) is 0 Å². The van der Waals surface area contributed by atoms with Gasteiger partial charge in [0.2, 0.25) is 0 Å². The van der Waals surface area contributed by atoms with Gasteiger partial charge in [-0.05, 0) is 11.5 Å². The molecule has 0 atom stereocenters. The maximum absolute atomic E-state index is 5.53. The lowest BCUT2D eigenvalue weighted by molar-refractivity contribution is 0.172. The van der Waals surface area contributed by atoms with Crippen LogP contribution in [0.15, 0.2) is 17.5 Å². The number of nitrogens with one attached hydrogen (secondary N) is 1. The number of nitrogens with zero attached hydrogens (tertiary/aromatic N) is 3. The SMILES string of the molecule is c1snnc1-c1nc2cc3c(cc2[nH]1)OCCO3. The van der Waals surface area contributed by atoms with Crippen molar-refractivity contribution in [3.05, 3.63) is 17.5 Å². The Balaban J connectivity index is 1.90. The Morgan fingerprint density at radius 2 is 2.00 bits per heavy atom. The van der Waals surface area contributed by atoms with Gasteiger partial charge in [0.25, 0.3) is 0 Å². The summed E-state index contributed by atoms with van der Waals surface area (Å²) in [7, 11) is 0. The van der Waals surface area contributed by atoms with Gasteiger partial charge in [-0.15, -0.1) is 5.10 Å². The summed E-state index contributed by atoms with van der Waals surface area (Å²) in [4.78, 5) is 7.68. The van der Waals surface area contributed by atoms with Gasteiger partial charge in [0.05, 0.1) is 11.0 Å². The number of ether oxygens (including phenoxy) is 2. The largest absolute Gasteiger partial charge is 0.486 e. The molecule has 0 spiro atoms. The number of H-pyrrole nitrogens is 1. The number of rotatable bonds is 1. The minimum Gasteiger partial charge on any atom is -0.486 e. The highest BCUT2D eigenvalue weighted by Crippen LogP contribution is 2.34. The number of benzene rings is 1. The molecule has 18 heavy (non-hydrogen) atoms. The normalized spacial score (nSPS) is 14.0.